The van der Waals surface area contributed by atoms with E-state index in [-0.39, 0.29) is 5.78 Å². The quantitative estimate of drug-likeness (QED) is 0.229. The Morgan fingerprint density at radius 3 is 2.59 bits per heavy atom. The average molecular weight is 455 g/mol. The molecule has 4 aromatic rings. The molecule has 2 aromatic carbocycles. The average Bonchev–Trinajstić information content (AvgIpc) is 3.38. The number of nitrogens with zero attached hydrogens (tertiary/aromatic N) is 2. The number of hydrogen-bond acceptors (Lipinski definition) is 5. The summed E-state index contributed by atoms with van der Waals surface area (Å²) in [5, 5.41) is 0. The van der Waals surface area contributed by atoms with Crippen molar-refractivity contribution in [3.05, 3.63) is 111 Å². The highest BCUT2D eigenvalue weighted by Gasteiger charge is 2.33. The number of allylic oxidation sites excluding steroid dienone is 1. The fourth-order valence-electron chi connectivity index (χ4n) is 4.08. The molecule has 0 saturated carbocycles. The van der Waals surface area contributed by atoms with E-state index in [1.54, 1.807) is 23.7 Å². The summed E-state index contributed by atoms with van der Waals surface area (Å²) in [7, 11) is 0. The monoisotopic (exact) mass is 454 g/mol. The van der Waals surface area contributed by atoms with Crippen LogP contribution in [0.4, 0.5) is 0 Å². The van der Waals surface area contributed by atoms with Gasteiger partial charge in [0.25, 0.3) is 0 Å². The maximum absolute atomic E-state index is 13.6. The van der Waals surface area contributed by atoms with Crippen LogP contribution in [0.5, 0.6) is 0 Å². The largest absolute Gasteiger partial charge is 0.289 e. The number of aromatic nitrogens is 2. The van der Waals surface area contributed by atoms with Crippen molar-refractivity contribution in [1.82, 2.24) is 9.97 Å². The third-order valence-corrected chi connectivity index (χ3v) is 7.65. The normalized spacial score (nSPS) is 13.0. The molecule has 0 spiro atoms. The topological polar surface area (TPSA) is 42.9 Å². The van der Waals surface area contributed by atoms with Crippen LogP contribution in [0.15, 0.2) is 83.5 Å². The van der Waals surface area contributed by atoms with Gasteiger partial charge in [-0.15, -0.1) is 23.1 Å². The minimum absolute atomic E-state index is 0.0718. The summed E-state index contributed by atoms with van der Waals surface area (Å²) in [6.45, 7) is 2.00. The zero-order valence-electron chi connectivity index (χ0n) is 17.7. The van der Waals surface area contributed by atoms with E-state index in [1.807, 2.05) is 36.3 Å². The van der Waals surface area contributed by atoms with E-state index in [2.05, 4.69) is 58.5 Å². The Balaban J connectivity index is 1.42. The van der Waals surface area contributed by atoms with Gasteiger partial charge in [-0.3, -0.25) is 9.78 Å². The number of rotatable bonds is 7. The number of thioether (sulfide) groups is 1. The molecule has 158 valence electrons. The van der Waals surface area contributed by atoms with Crippen molar-refractivity contribution in [2.75, 3.05) is 5.75 Å². The van der Waals surface area contributed by atoms with Crippen LogP contribution >= 0.6 is 23.1 Å². The van der Waals surface area contributed by atoms with Crippen LogP contribution in [0, 0.1) is 6.92 Å². The SMILES string of the molecule is Cc1ncsc1C1=C(c2cccnc2)C(=O)c2cc(SCCCc3ccccc3)ccc21. The van der Waals surface area contributed by atoms with Crippen LogP contribution in [0.1, 0.15) is 44.0 Å². The maximum Gasteiger partial charge on any atom is 0.195 e. The number of aryl methyl sites for hydroxylation is 2. The van der Waals surface area contributed by atoms with Gasteiger partial charge in [0.2, 0.25) is 0 Å². The smallest absolute Gasteiger partial charge is 0.195 e. The van der Waals surface area contributed by atoms with Gasteiger partial charge in [-0.25, -0.2) is 4.98 Å². The summed E-state index contributed by atoms with van der Waals surface area (Å²) in [5.41, 5.74) is 8.50. The number of benzene rings is 2. The van der Waals surface area contributed by atoms with Crippen molar-refractivity contribution in [2.24, 2.45) is 0 Å². The van der Waals surface area contributed by atoms with E-state index >= 15 is 0 Å². The van der Waals surface area contributed by atoms with Crippen molar-refractivity contribution in [3.63, 3.8) is 0 Å². The molecule has 3 nitrogen and oxygen atoms in total. The van der Waals surface area contributed by atoms with Crippen molar-refractivity contribution in [1.29, 1.82) is 0 Å². The molecule has 1 aliphatic carbocycles. The summed E-state index contributed by atoms with van der Waals surface area (Å²) < 4.78 is 0. The molecule has 0 bridgehead atoms. The number of hydrogen-bond donors (Lipinski definition) is 0. The van der Waals surface area contributed by atoms with E-state index in [4.69, 9.17) is 0 Å². The molecule has 0 N–H and O–H groups in total. The second kappa shape index (κ2) is 9.23. The van der Waals surface area contributed by atoms with Gasteiger partial charge in [0.05, 0.1) is 16.1 Å². The van der Waals surface area contributed by atoms with E-state index < -0.39 is 0 Å². The molecule has 2 heterocycles. The van der Waals surface area contributed by atoms with Crippen molar-refractivity contribution in [3.8, 4) is 0 Å². The van der Waals surface area contributed by atoms with Gasteiger partial charge in [0.1, 0.15) is 0 Å². The zero-order chi connectivity index (χ0) is 21.9. The van der Waals surface area contributed by atoms with Gasteiger partial charge in [-0.2, -0.15) is 0 Å². The van der Waals surface area contributed by atoms with Gasteiger partial charge in [-0.05, 0) is 54.8 Å². The fourth-order valence-corrected chi connectivity index (χ4v) is 5.84. The fraction of sp³-hybridized carbons (Fsp3) is 0.148. The Morgan fingerprint density at radius 2 is 1.84 bits per heavy atom. The zero-order valence-corrected chi connectivity index (χ0v) is 19.4. The third kappa shape index (κ3) is 4.06. The third-order valence-electron chi connectivity index (χ3n) is 5.63. The summed E-state index contributed by atoms with van der Waals surface area (Å²) in [4.78, 5) is 24.4. The lowest BCUT2D eigenvalue weighted by atomic mass is 9.99. The molecular weight excluding hydrogens is 432 g/mol. The minimum atomic E-state index is 0.0718. The Bertz CT molecular complexity index is 1290. The highest BCUT2D eigenvalue weighted by Crippen LogP contribution is 2.45. The molecule has 0 aliphatic heterocycles. The molecule has 32 heavy (non-hydrogen) atoms. The number of carbonyl (C=O) groups is 1. The second-order valence-corrected chi connectivity index (χ2v) is 9.76. The molecule has 1 aliphatic rings. The van der Waals surface area contributed by atoms with Crippen molar-refractivity contribution in [2.45, 2.75) is 24.7 Å². The maximum atomic E-state index is 13.6. The molecular formula is C27H22N2OS2. The summed E-state index contributed by atoms with van der Waals surface area (Å²) in [6, 6.07) is 20.7. The summed E-state index contributed by atoms with van der Waals surface area (Å²) in [5.74, 6) is 1.09. The lowest BCUT2D eigenvalue weighted by Crippen LogP contribution is -1.99. The molecule has 0 fully saturated rings. The van der Waals surface area contributed by atoms with E-state index in [9.17, 15) is 4.79 Å². The predicted molar refractivity (Wildman–Crippen MR) is 133 cm³/mol. The number of Topliss-reactive ketones (excluding diaryl/α,β-unsaturated/α-hetero) is 1. The van der Waals surface area contributed by atoms with E-state index in [0.717, 1.165) is 61.9 Å². The van der Waals surface area contributed by atoms with Gasteiger partial charge in [-0.1, -0.05) is 42.5 Å². The number of thiazole rings is 1. The van der Waals surface area contributed by atoms with E-state index in [0.29, 0.717) is 0 Å². The lowest BCUT2D eigenvalue weighted by molar-refractivity contribution is 0.105. The van der Waals surface area contributed by atoms with Crippen LogP contribution < -0.4 is 0 Å². The first kappa shape index (κ1) is 20.9. The van der Waals surface area contributed by atoms with Crippen LogP contribution in [-0.4, -0.2) is 21.5 Å². The number of ketones is 1. The molecule has 5 heteroatoms. The first-order valence-electron chi connectivity index (χ1n) is 10.6. The number of carbonyl (C=O) groups excluding carboxylic acids is 1. The number of fused-ring (bicyclic) bond motifs is 1. The molecule has 0 amide bonds. The molecule has 0 atom stereocenters. The van der Waals surface area contributed by atoms with E-state index in [1.165, 1.54) is 5.56 Å². The van der Waals surface area contributed by atoms with Crippen molar-refractivity contribution >= 4 is 40.0 Å². The van der Waals surface area contributed by atoms with Crippen LogP contribution in [0.25, 0.3) is 11.1 Å². The Morgan fingerprint density at radius 1 is 0.969 bits per heavy atom. The van der Waals surface area contributed by atoms with Crippen LogP contribution in [-0.2, 0) is 6.42 Å². The van der Waals surface area contributed by atoms with Crippen LogP contribution in [0.3, 0.4) is 0 Å². The Labute approximate surface area is 196 Å². The Hall–Kier alpha value is -3.02. The molecule has 5 rings (SSSR count). The van der Waals surface area contributed by atoms with Gasteiger partial charge in [0.15, 0.2) is 5.78 Å². The second-order valence-electron chi connectivity index (χ2n) is 7.73. The first-order valence-corrected chi connectivity index (χ1v) is 12.5. The molecule has 0 saturated heterocycles. The first-order chi connectivity index (χ1) is 15.7. The highest BCUT2D eigenvalue weighted by molar-refractivity contribution is 7.99. The van der Waals surface area contributed by atoms with Gasteiger partial charge >= 0.3 is 0 Å². The standard InChI is InChI=1S/C27H22N2OS2/c1-18-27(32-17-29-18)25-22-12-11-21(31-14-6-9-19-7-3-2-4-8-19)15-23(22)26(30)24(25)20-10-5-13-28-16-20/h2-5,7-8,10-13,15-17H,6,9,14H2,1H3. The Kier molecular flexibility index (Phi) is 6.02. The van der Waals surface area contributed by atoms with Crippen LogP contribution in [0.2, 0.25) is 0 Å². The molecule has 0 radical (unpaired) electrons. The minimum Gasteiger partial charge on any atom is -0.289 e. The lowest BCUT2D eigenvalue weighted by Gasteiger charge is -2.08. The highest BCUT2D eigenvalue weighted by atomic mass is 32.2. The summed E-state index contributed by atoms with van der Waals surface area (Å²) in [6.07, 6.45) is 5.68. The number of pyridine rings is 1. The van der Waals surface area contributed by atoms with Gasteiger partial charge in [0, 0.05) is 39.6 Å². The molecule has 2 aromatic heterocycles. The predicted octanol–water partition coefficient (Wildman–Crippen LogP) is 6.73. The van der Waals surface area contributed by atoms with Crippen molar-refractivity contribution < 1.29 is 4.79 Å². The summed E-state index contributed by atoms with van der Waals surface area (Å²) >= 11 is 3.40. The molecule has 0 unspecified atom stereocenters. The van der Waals surface area contributed by atoms with Gasteiger partial charge < -0.3 is 0 Å².